The van der Waals surface area contributed by atoms with E-state index in [1.807, 2.05) is 12.1 Å². The summed E-state index contributed by atoms with van der Waals surface area (Å²) in [5, 5.41) is 3.33. The summed E-state index contributed by atoms with van der Waals surface area (Å²) in [5.74, 6) is 1.72. The van der Waals surface area contributed by atoms with E-state index in [1.54, 1.807) is 13.3 Å². The third-order valence-corrected chi connectivity index (χ3v) is 2.08. The zero-order chi connectivity index (χ0) is 10.4. The number of hydrogen-bond donors (Lipinski definition) is 1. The third-order valence-electron chi connectivity index (χ3n) is 2.08. The van der Waals surface area contributed by atoms with Crippen LogP contribution in [0.4, 0.5) is 5.82 Å². The zero-order valence-electron chi connectivity index (χ0n) is 9.08. The van der Waals surface area contributed by atoms with Gasteiger partial charge in [0.2, 0.25) is 0 Å². The van der Waals surface area contributed by atoms with Crippen molar-refractivity contribution in [1.29, 1.82) is 0 Å². The van der Waals surface area contributed by atoms with Crippen molar-refractivity contribution in [3.8, 4) is 5.75 Å². The van der Waals surface area contributed by atoms with Gasteiger partial charge in [-0.25, -0.2) is 4.98 Å². The summed E-state index contributed by atoms with van der Waals surface area (Å²) in [6.07, 6.45) is 4.08. The van der Waals surface area contributed by atoms with Crippen molar-refractivity contribution in [2.75, 3.05) is 12.4 Å². The predicted molar refractivity (Wildman–Crippen MR) is 58.8 cm³/mol. The van der Waals surface area contributed by atoms with Crippen LogP contribution in [0, 0.1) is 0 Å². The Morgan fingerprint density at radius 3 is 3.00 bits per heavy atom. The number of ether oxygens (including phenoxy) is 1. The van der Waals surface area contributed by atoms with E-state index in [2.05, 4.69) is 24.1 Å². The SMILES string of the molecule is CCCC(C)Nc1cc(OC)ccn1. The average Bonchev–Trinajstić information content (AvgIpc) is 2.18. The Kier molecular flexibility index (Phi) is 4.23. The summed E-state index contributed by atoms with van der Waals surface area (Å²) in [6, 6.07) is 4.21. The van der Waals surface area contributed by atoms with Gasteiger partial charge in [-0.2, -0.15) is 0 Å². The summed E-state index contributed by atoms with van der Waals surface area (Å²) in [4.78, 5) is 4.22. The molecule has 0 spiro atoms. The highest BCUT2D eigenvalue weighted by Crippen LogP contribution is 2.15. The molecule has 1 atom stereocenters. The summed E-state index contributed by atoms with van der Waals surface area (Å²) >= 11 is 0. The number of aromatic nitrogens is 1. The molecular formula is C11H18N2O. The summed E-state index contributed by atoms with van der Waals surface area (Å²) in [5.41, 5.74) is 0. The van der Waals surface area contributed by atoms with E-state index < -0.39 is 0 Å². The van der Waals surface area contributed by atoms with Crippen molar-refractivity contribution < 1.29 is 4.74 Å². The molecule has 1 aromatic rings. The Morgan fingerprint density at radius 2 is 2.36 bits per heavy atom. The largest absolute Gasteiger partial charge is 0.497 e. The maximum absolute atomic E-state index is 5.12. The van der Waals surface area contributed by atoms with Crippen molar-refractivity contribution in [2.24, 2.45) is 0 Å². The van der Waals surface area contributed by atoms with Crippen LogP contribution in [-0.4, -0.2) is 18.1 Å². The molecule has 0 aliphatic carbocycles. The fourth-order valence-corrected chi connectivity index (χ4v) is 1.37. The molecule has 0 saturated carbocycles. The number of nitrogens with one attached hydrogen (secondary N) is 1. The lowest BCUT2D eigenvalue weighted by atomic mass is 10.2. The lowest BCUT2D eigenvalue weighted by molar-refractivity contribution is 0.414. The fourth-order valence-electron chi connectivity index (χ4n) is 1.37. The van der Waals surface area contributed by atoms with E-state index >= 15 is 0 Å². The number of hydrogen-bond acceptors (Lipinski definition) is 3. The molecule has 0 aliphatic rings. The first-order valence-corrected chi connectivity index (χ1v) is 5.02. The van der Waals surface area contributed by atoms with E-state index in [1.165, 1.54) is 6.42 Å². The minimum atomic E-state index is 0.458. The molecule has 1 aromatic heterocycles. The van der Waals surface area contributed by atoms with Gasteiger partial charge in [0.1, 0.15) is 11.6 Å². The highest BCUT2D eigenvalue weighted by Gasteiger charge is 2.01. The average molecular weight is 194 g/mol. The lowest BCUT2D eigenvalue weighted by Gasteiger charge is -2.13. The molecule has 1 N–H and O–H groups in total. The van der Waals surface area contributed by atoms with Gasteiger partial charge in [-0.15, -0.1) is 0 Å². The summed E-state index contributed by atoms with van der Waals surface area (Å²) in [7, 11) is 1.66. The molecule has 0 aromatic carbocycles. The Balaban J connectivity index is 2.57. The van der Waals surface area contributed by atoms with Crippen LogP contribution < -0.4 is 10.1 Å². The minimum Gasteiger partial charge on any atom is -0.497 e. The molecule has 0 bridgehead atoms. The second kappa shape index (κ2) is 5.47. The first-order chi connectivity index (χ1) is 6.76. The number of nitrogens with zero attached hydrogens (tertiary/aromatic N) is 1. The third kappa shape index (κ3) is 3.24. The van der Waals surface area contributed by atoms with Crippen molar-refractivity contribution in [2.45, 2.75) is 32.7 Å². The predicted octanol–water partition coefficient (Wildman–Crippen LogP) is 2.69. The highest BCUT2D eigenvalue weighted by atomic mass is 16.5. The molecule has 14 heavy (non-hydrogen) atoms. The van der Waals surface area contributed by atoms with Crippen LogP contribution in [0.15, 0.2) is 18.3 Å². The molecular weight excluding hydrogens is 176 g/mol. The molecule has 0 radical (unpaired) electrons. The first kappa shape index (κ1) is 10.8. The van der Waals surface area contributed by atoms with E-state index in [0.29, 0.717) is 6.04 Å². The fraction of sp³-hybridized carbons (Fsp3) is 0.545. The molecule has 1 unspecified atom stereocenters. The minimum absolute atomic E-state index is 0.458. The second-order valence-corrected chi connectivity index (χ2v) is 3.41. The van der Waals surface area contributed by atoms with Gasteiger partial charge in [0.05, 0.1) is 7.11 Å². The Labute approximate surface area is 85.5 Å². The normalized spacial score (nSPS) is 12.2. The van der Waals surface area contributed by atoms with Crippen molar-refractivity contribution >= 4 is 5.82 Å². The molecule has 1 rings (SSSR count). The molecule has 78 valence electrons. The Hall–Kier alpha value is -1.25. The van der Waals surface area contributed by atoms with Gasteiger partial charge in [-0.1, -0.05) is 13.3 Å². The standard InChI is InChI=1S/C11H18N2O/c1-4-5-9(2)13-11-8-10(14-3)6-7-12-11/h6-9H,4-5H2,1-3H3,(H,12,13). The van der Waals surface area contributed by atoms with Crippen LogP contribution in [0.1, 0.15) is 26.7 Å². The van der Waals surface area contributed by atoms with Crippen molar-refractivity contribution in [1.82, 2.24) is 4.98 Å². The van der Waals surface area contributed by atoms with Crippen LogP contribution in [0.25, 0.3) is 0 Å². The first-order valence-electron chi connectivity index (χ1n) is 5.02. The Morgan fingerprint density at radius 1 is 1.57 bits per heavy atom. The number of methoxy groups -OCH3 is 1. The molecule has 1 heterocycles. The second-order valence-electron chi connectivity index (χ2n) is 3.41. The zero-order valence-corrected chi connectivity index (χ0v) is 9.08. The molecule has 0 amide bonds. The van der Waals surface area contributed by atoms with Crippen molar-refractivity contribution in [3.05, 3.63) is 18.3 Å². The molecule has 0 fully saturated rings. The smallest absolute Gasteiger partial charge is 0.129 e. The maximum atomic E-state index is 5.12. The molecule has 0 aliphatic heterocycles. The van der Waals surface area contributed by atoms with Crippen LogP contribution in [-0.2, 0) is 0 Å². The van der Waals surface area contributed by atoms with E-state index in [9.17, 15) is 0 Å². The maximum Gasteiger partial charge on any atom is 0.129 e. The van der Waals surface area contributed by atoms with Crippen LogP contribution in [0.2, 0.25) is 0 Å². The highest BCUT2D eigenvalue weighted by molar-refractivity contribution is 5.41. The summed E-state index contributed by atoms with van der Waals surface area (Å²) < 4.78 is 5.12. The molecule has 0 saturated heterocycles. The quantitative estimate of drug-likeness (QED) is 0.782. The van der Waals surface area contributed by atoms with Crippen LogP contribution in [0.5, 0.6) is 5.75 Å². The van der Waals surface area contributed by atoms with Gasteiger partial charge in [0, 0.05) is 18.3 Å². The van der Waals surface area contributed by atoms with Gasteiger partial charge in [-0.3, -0.25) is 0 Å². The lowest BCUT2D eigenvalue weighted by Crippen LogP contribution is -2.15. The van der Waals surface area contributed by atoms with Gasteiger partial charge >= 0.3 is 0 Å². The topological polar surface area (TPSA) is 34.1 Å². The van der Waals surface area contributed by atoms with Crippen molar-refractivity contribution in [3.63, 3.8) is 0 Å². The summed E-state index contributed by atoms with van der Waals surface area (Å²) in [6.45, 7) is 4.34. The Bertz CT molecular complexity index is 276. The van der Waals surface area contributed by atoms with Crippen LogP contribution >= 0.6 is 0 Å². The van der Waals surface area contributed by atoms with Crippen LogP contribution in [0.3, 0.4) is 0 Å². The van der Waals surface area contributed by atoms with E-state index in [4.69, 9.17) is 4.74 Å². The van der Waals surface area contributed by atoms with Gasteiger partial charge in [0.25, 0.3) is 0 Å². The van der Waals surface area contributed by atoms with Gasteiger partial charge in [-0.05, 0) is 19.4 Å². The van der Waals surface area contributed by atoms with Gasteiger partial charge < -0.3 is 10.1 Å². The molecule has 3 nitrogen and oxygen atoms in total. The number of rotatable bonds is 5. The van der Waals surface area contributed by atoms with E-state index in [0.717, 1.165) is 18.0 Å². The monoisotopic (exact) mass is 194 g/mol. The number of anilines is 1. The van der Waals surface area contributed by atoms with E-state index in [-0.39, 0.29) is 0 Å². The number of pyridine rings is 1. The molecule has 3 heteroatoms. The van der Waals surface area contributed by atoms with Gasteiger partial charge in [0.15, 0.2) is 0 Å².